The van der Waals surface area contributed by atoms with Crippen molar-refractivity contribution in [2.75, 3.05) is 11.9 Å². The second kappa shape index (κ2) is 7.57. The van der Waals surface area contributed by atoms with Gasteiger partial charge >= 0.3 is 12.1 Å². The van der Waals surface area contributed by atoms with E-state index in [-0.39, 0.29) is 16.3 Å². The van der Waals surface area contributed by atoms with Gasteiger partial charge in [0.2, 0.25) is 0 Å². The van der Waals surface area contributed by atoms with Crippen molar-refractivity contribution in [2.45, 2.75) is 13.1 Å². The van der Waals surface area contributed by atoms with E-state index in [2.05, 4.69) is 5.32 Å². The molecule has 1 amide bonds. The highest BCUT2D eigenvalue weighted by Gasteiger charge is 2.31. The number of anilines is 1. The third-order valence-electron chi connectivity index (χ3n) is 3.16. The molecular formula is C17H13ClF3NO3. The number of halogens is 4. The minimum atomic E-state index is -4.57. The van der Waals surface area contributed by atoms with Crippen LogP contribution in [0.2, 0.25) is 5.02 Å². The number of nitrogens with one attached hydrogen (secondary N) is 1. The van der Waals surface area contributed by atoms with E-state index < -0.39 is 30.2 Å². The number of aryl methyl sites for hydroxylation is 1. The topological polar surface area (TPSA) is 55.4 Å². The van der Waals surface area contributed by atoms with Crippen LogP contribution in [0.1, 0.15) is 21.5 Å². The zero-order chi connectivity index (χ0) is 18.6. The highest BCUT2D eigenvalue weighted by atomic mass is 35.5. The number of esters is 1. The van der Waals surface area contributed by atoms with E-state index in [1.807, 2.05) is 0 Å². The van der Waals surface area contributed by atoms with Gasteiger partial charge in [-0.25, -0.2) is 4.79 Å². The predicted octanol–water partition coefficient (Wildman–Crippen LogP) is 4.46. The minimum absolute atomic E-state index is 0.0636. The number of carbonyl (C=O) groups excluding carboxylic acids is 2. The molecule has 0 bridgehead atoms. The summed E-state index contributed by atoms with van der Waals surface area (Å²) in [4.78, 5) is 23.6. The lowest BCUT2D eigenvalue weighted by Gasteiger charge is -2.12. The monoisotopic (exact) mass is 371 g/mol. The SMILES string of the molecule is Cc1cccc(C(=O)OCC(=O)Nc2cc(C(F)(F)F)ccc2Cl)c1. The van der Waals surface area contributed by atoms with Crippen molar-refractivity contribution >= 4 is 29.2 Å². The van der Waals surface area contributed by atoms with E-state index in [9.17, 15) is 22.8 Å². The number of benzene rings is 2. The summed E-state index contributed by atoms with van der Waals surface area (Å²) in [5.41, 5.74) is -0.0587. The average molecular weight is 372 g/mol. The molecule has 1 N–H and O–H groups in total. The Morgan fingerprint density at radius 1 is 1.16 bits per heavy atom. The smallest absolute Gasteiger partial charge is 0.416 e. The highest BCUT2D eigenvalue weighted by Crippen LogP contribution is 2.33. The van der Waals surface area contributed by atoms with Crippen molar-refractivity contribution in [3.63, 3.8) is 0 Å². The fourth-order valence-electron chi connectivity index (χ4n) is 1.97. The molecule has 0 aliphatic heterocycles. The Bertz CT molecular complexity index is 806. The van der Waals surface area contributed by atoms with Crippen LogP contribution in [-0.2, 0) is 15.7 Å². The maximum Gasteiger partial charge on any atom is 0.416 e. The standard InChI is InChI=1S/C17H13ClF3NO3/c1-10-3-2-4-11(7-10)16(24)25-9-15(23)22-14-8-12(17(19,20)21)5-6-13(14)18/h2-8H,9H2,1H3,(H,22,23). The van der Waals surface area contributed by atoms with E-state index in [1.165, 1.54) is 6.07 Å². The number of carbonyl (C=O) groups is 2. The average Bonchev–Trinajstić information content (AvgIpc) is 2.53. The molecule has 2 aromatic carbocycles. The van der Waals surface area contributed by atoms with Crippen molar-refractivity contribution in [2.24, 2.45) is 0 Å². The van der Waals surface area contributed by atoms with Crippen molar-refractivity contribution in [3.8, 4) is 0 Å². The third-order valence-corrected chi connectivity index (χ3v) is 3.49. The van der Waals surface area contributed by atoms with Gasteiger partial charge in [-0.05, 0) is 37.3 Å². The molecule has 0 radical (unpaired) electrons. The number of alkyl halides is 3. The molecule has 4 nitrogen and oxygen atoms in total. The fourth-order valence-corrected chi connectivity index (χ4v) is 2.13. The van der Waals surface area contributed by atoms with Gasteiger partial charge in [0.15, 0.2) is 6.61 Å². The summed E-state index contributed by atoms with van der Waals surface area (Å²) in [6.07, 6.45) is -4.57. The van der Waals surface area contributed by atoms with Gasteiger partial charge in [0.25, 0.3) is 5.91 Å². The molecule has 0 saturated heterocycles. The third kappa shape index (κ3) is 5.22. The summed E-state index contributed by atoms with van der Waals surface area (Å²) in [5, 5.41) is 2.13. The Kier molecular flexibility index (Phi) is 5.69. The number of amides is 1. The maximum absolute atomic E-state index is 12.7. The van der Waals surface area contributed by atoms with E-state index in [0.717, 1.165) is 17.7 Å². The lowest BCUT2D eigenvalue weighted by Crippen LogP contribution is -2.21. The zero-order valence-electron chi connectivity index (χ0n) is 13.0. The first-order chi connectivity index (χ1) is 11.7. The number of ether oxygens (including phenoxy) is 1. The highest BCUT2D eigenvalue weighted by molar-refractivity contribution is 6.33. The molecule has 2 aromatic rings. The van der Waals surface area contributed by atoms with Crippen molar-refractivity contribution < 1.29 is 27.5 Å². The molecule has 0 saturated carbocycles. The summed E-state index contributed by atoms with van der Waals surface area (Å²) in [7, 11) is 0. The van der Waals surface area contributed by atoms with Gasteiger partial charge in [0.1, 0.15) is 0 Å². The van der Waals surface area contributed by atoms with Crippen LogP contribution in [-0.4, -0.2) is 18.5 Å². The Morgan fingerprint density at radius 2 is 1.88 bits per heavy atom. The summed E-state index contributed by atoms with van der Waals surface area (Å²) in [6.45, 7) is 1.14. The van der Waals surface area contributed by atoms with Gasteiger partial charge in [0.05, 0.1) is 21.8 Å². The van der Waals surface area contributed by atoms with Gasteiger partial charge in [-0.2, -0.15) is 13.2 Å². The van der Waals surface area contributed by atoms with Gasteiger partial charge in [-0.1, -0.05) is 29.3 Å². The maximum atomic E-state index is 12.7. The van der Waals surface area contributed by atoms with Crippen LogP contribution >= 0.6 is 11.6 Å². The van der Waals surface area contributed by atoms with Gasteiger partial charge in [-0.3, -0.25) is 4.79 Å². The Hall–Kier alpha value is -2.54. The van der Waals surface area contributed by atoms with Crippen LogP contribution in [0.25, 0.3) is 0 Å². The molecule has 0 fully saturated rings. The molecule has 0 aliphatic rings. The molecule has 0 unspecified atom stereocenters. The van der Waals surface area contributed by atoms with Crippen LogP contribution in [0.15, 0.2) is 42.5 Å². The summed E-state index contributed by atoms with van der Waals surface area (Å²) in [6, 6.07) is 9.10. The first-order valence-electron chi connectivity index (χ1n) is 7.07. The van der Waals surface area contributed by atoms with Crippen LogP contribution in [0.5, 0.6) is 0 Å². The molecule has 0 aliphatic carbocycles. The molecule has 25 heavy (non-hydrogen) atoms. The quantitative estimate of drug-likeness (QED) is 0.807. The molecule has 8 heteroatoms. The number of rotatable bonds is 4. The molecule has 0 atom stereocenters. The Labute approximate surface area is 146 Å². The summed E-state index contributed by atoms with van der Waals surface area (Å²) >= 11 is 5.78. The van der Waals surface area contributed by atoms with Gasteiger partial charge < -0.3 is 10.1 Å². The van der Waals surface area contributed by atoms with Crippen LogP contribution in [0, 0.1) is 6.92 Å². The first-order valence-corrected chi connectivity index (χ1v) is 7.45. The van der Waals surface area contributed by atoms with Crippen molar-refractivity contribution in [1.82, 2.24) is 0 Å². The lowest BCUT2D eigenvalue weighted by atomic mass is 10.1. The van der Waals surface area contributed by atoms with E-state index in [0.29, 0.717) is 6.07 Å². The van der Waals surface area contributed by atoms with Crippen molar-refractivity contribution in [3.05, 3.63) is 64.2 Å². The van der Waals surface area contributed by atoms with Crippen LogP contribution in [0.3, 0.4) is 0 Å². The zero-order valence-corrected chi connectivity index (χ0v) is 13.7. The van der Waals surface area contributed by atoms with Crippen molar-refractivity contribution in [1.29, 1.82) is 0 Å². The van der Waals surface area contributed by atoms with Crippen LogP contribution < -0.4 is 5.32 Å². The largest absolute Gasteiger partial charge is 0.452 e. The molecule has 2 rings (SSSR count). The molecule has 0 heterocycles. The van der Waals surface area contributed by atoms with Gasteiger partial charge in [0, 0.05) is 0 Å². The summed E-state index contributed by atoms with van der Waals surface area (Å²) < 4.78 is 42.9. The van der Waals surface area contributed by atoms with E-state index >= 15 is 0 Å². The number of hydrogen-bond acceptors (Lipinski definition) is 3. The molecular weight excluding hydrogens is 359 g/mol. The molecule has 0 spiro atoms. The first kappa shape index (κ1) is 18.8. The predicted molar refractivity (Wildman–Crippen MR) is 86.5 cm³/mol. The minimum Gasteiger partial charge on any atom is -0.452 e. The second-order valence-electron chi connectivity index (χ2n) is 5.19. The Morgan fingerprint density at radius 3 is 2.52 bits per heavy atom. The summed E-state index contributed by atoms with van der Waals surface area (Å²) in [5.74, 6) is -1.52. The fraction of sp³-hybridized carbons (Fsp3) is 0.176. The van der Waals surface area contributed by atoms with Gasteiger partial charge in [-0.15, -0.1) is 0 Å². The second-order valence-corrected chi connectivity index (χ2v) is 5.59. The van der Waals surface area contributed by atoms with Crippen LogP contribution in [0.4, 0.5) is 18.9 Å². The molecule has 0 aromatic heterocycles. The Balaban J connectivity index is 2.00. The number of hydrogen-bond donors (Lipinski definition) is 1. The normalized spacial score (nSPS) is 11.1. The van der Waals surface area contributed by atoms with E-state index in [1.54, 1.807) is 25.1 Å². The molecule has 132 valence electrons. The van der Waals surface area contributed by atoms with E-state index in [4.69, 9.17) is 16.3 Å². The lowest BCUT2D eigenvalue weighted by molar-refractivity contribution is -0.137.